The van der Waals surface area contributed by atoms with Crippen molar-refractivity contribution in [3.63, 3.8) is 0 Å². The molecule has 0 atom stereocenters. The van der Waals surface area contributed by atoms with E-state index in [0.29, 0.717) is 71.6 Å². The number of benzene rings is 2. The number of aromatic nitrogens is 4. The molecule has 1 amide bonds. The number of fused-ring (bicyclic) bond motifs is 1. The van der Waals surface area contributed by atoms with E-state index in [0.717, 1.165) is 12.8 Å². The Kier molecular flexibility index (Phi) is 7.27. The van der Waals surface area contributed by atoms with Gasteiger partial charge in [-0.05, 0) is 55.7 Å². The molecule has 2 aromatic carbocycles. The van der Waals surface area contributed by atoms with Crippen molar-refractivity contribution in [3.05, 3.63) is 81.5 Å². The Bertz CT molecular complexity index is 1390. The van der Waals surface area contributed by atoms with Gasteiger partial charge in [-0.15, -0.1) is 10.2 Å². The molecule has 4 aromatic rings. The number of nitrogens with zero attached hydrogens (tertiary/aromatic N) is 4. The van der Waals surface area contributed by atoms with Crippen molar-refractivity contribution >= 4 is 28.4 Å². The van der Waals surface area contributed by atoms with Crippen LogP contribution in [-0.2, 0) is 17.8 Å². The van der Waals surface area contributed by atoms with Crippen LogP contribution in [0, 0.1) is 0 Å². The van der Waals surface area contributed by atoms with E-state index in [9.17, 15) is 9.59 Å². The molecule has 0 saturated carbocycles. The fourth-order valence-electron chi connectivity index (χ4n) is 4.36. The summed E-state index contributed by atoms with van der Waals surface area (Å²) in [6.45, 7) is 1.48. The van der Waals surface area contributed by atoms with Gasteiger partial charge in [0.2, 0.25) is 11.8 Å². The van der Waals surface area contributed by atoms with Gasteiger partial charge in [-0.3, -0.25) is 9.59 Å². The van der Waals surface area contributed by atoms with Crippen LogP contribution in [0.25, 0.3) is 10.9 Å². The van der Waals surface area contributed by atoms with Crippen molar-refractivity contribution in [2.75, 3.05) is 13.1 Å². The first-order valence-corrected chi connectivity index (χ1v) is 12.4. The molecule has 0 aliphatic carbocycles. The molecule has 9 nitrogen and oxygen atoms in total. The first-order valence-electron chi connectivity index (χ1n) is 12.0. The number of ether oxygens (including phenoxy) is 1. The smallest absolute Gasteiger partial charge is 0.258 e. The summed E-state index contributed by atoms with van der Waals surface area (Å²) in [7, 11) is 0. The highest BCUT2D eigenvalue weighted by molar-refractivity contribution is 6.30. The Morgan fingerprint density at radius 3 is 2.69 bits per heavy atom. The number of para-hydroxylation sites is 1. The SMILES string of the molecule is O=C(CCCc1nc2ccccc2c(=O)[nH]1)N1CCC(c2nnc(COc3ccc(Cl)cc3)o2)CC1. The van der Waals surface area contributed by atoms with Gasteiger partial charge in [0.05, 0.1) is 10.9 Å². The molecule has 1 fully saturated rings. The maximum Gasteiger partial charge on any atom is 0.258 e. The molecule has 1 aliphatic heterocycles. The molecule has 10 heteroatoms. The van der Waals surface area contributed by atoms with Crippen LogP contribution in [0.4, 0.5) is 0 Å². The molecule has 1 N–H and O–H groups in total. The van der Waals surface area contributed by atoms with Crippen LogP contribution in [0.2, 0.25) is 5.02 Å². The number of halogens is 1. The first-order chi connectivity index (χ1) is 17.5. The number of piperidine rings is 1. The minimum Gasteiger partial charge on any atom is -0.484 e. The summed E-state index contributed by atoms with van der Waals surface area (Å²) in [4.78, 5) is 34.1. The molecule has 186 valence electrons. The molecule has 1 saturated heterocycles. The molecule has 0 bridgehead atoms. The number of amides is 1. The second-order valence-corrected chi connectivity index (χ2v) is 9.25. The molecular weight excluding hydrogens is 482 g/mol. The maximum atomic E-state index is 12.7. The van der Waals surface area contributed by atoms with Gasteiger partial charge in [0.25, 0.3) is 11.4 Å². The molecule has 0 spiro atoms. The maximum absolute atomic E-state index is 12.7. The van der Waals surface area contributed by atoms with Crippen LogP contribution in [0.1, 0.15) is 49.2 Å². The van der Waals surface area contributed by atoms with Gasteiger partial charge in [-0.1, -0.05) is 23.7 Å². The van der Waals surface area contributed by atoms with Crippen LogP contribution in [0.3, 0.4) is 0 Å². The lowest BCUT2D eigenvalue weighted by molar-refractivity contribution is -0.132. The number of aryl methyl sites for hydroxylation is 1. The Hall–Kier alpha value is -3.72. The predicted octanol–water partition coefficient (Wildman–Crippen LogP) is 4.27. The van der Waals surface area contributed by atoms with E-state index in [4.69, 9.17) is 20.8 Å². The summed E-state index contributed by atoms with van der Waals surface area (Å²) in [5, 5.41) is 9.50. The Morgan fingerprint density at radius 1 is 1.11 bits per heavy atom. The molecule has 3 heterocycles. The molecule has 36 heavy (non-hydrogen) atoms. The summed E-state index contributed by atoms with van der Waals surface area (Å²) < 4.78 is 11.5. The van der Waals surface area contributed by atoms with Crippen molar-refractivity contribution in [1.82, 2.24) is 25.1 Å². The van der Waals surface area contributed by atoms with Crippen molar-refractivity contribution in [3.8, 4) is 5.75 Å². The van der Waals surface area contributed by atoms with Crippen molar-refractivity contribution in [2.45, 2.75) is 44.6 Å². The van der Waals surface area contributed by atoms with E-state index in [1.54, 1.807) is 30.3 Å². The number of nitrogens with one attached hydrogen (secondary N) is 1. The zero-order valence-electron chi connectivity index (χ0n) is 19.7. The van der Waals surface area contributed by atoms with Gasteiger partial charge in [-0.25, -0.2) is 4.98 Å². The van der Waals surface area contributed by atoms with Gasteiger partial charge < -0.3 is 19.0 Å². The summed E-state index contributed by atoms with van der Waals surface area (Å²) in [5.41, 5.74) is 0.523. The monoisotopic (exact) mass is 507 g/mol. The van der Waals surface area contributed by atoms with Crippen LogP contribution >= 0.6 is 11.6 Å². The fourth-order valence-corrected chi connectivity index (χ4v) is 4.49. The molecule has 5 rings (SSSR count). The quantitative estimate of drug-likeness (QED) is 0.379. The van der Waals surface area contributed by atoms with Crippen LogP contribution in [0.5, 0.6) is 5.75 Å². The lowest BCUT2D eigenvalue weighted by Gasteiger charge is -2.30. The highest BCUT2D eigenvalue weighted by Gasteiger charge is 2.27. The average molecular weight is 508 g/mol. The van der Waals surface area contributed by atoms with Crippen LogP contribution in [-0.4, -0.2) is 44.1 Å². The molecular formula is C26H26ClN5O4. The van der Waals surface area contributed by atoms with Gasteiger partial charge in [0.15, 0.2) is 6.61 Å². The number of carbonyl (C=O) groups is 1. The number of H-pyrrole nitrogens is 1. The zero-order valence-corrected chi connectivity index (χ0v) is 20.4. The number of carbonyl (C=O) groups excluding carboxylic acids is 1. The second kappa shape index (κ2) is 10.9. The summed E-state index contributed by atoms with van der Waals surface area (Å²) in [6, 6.07) is 14.3. The van der Waals surface area contributed by atoms with Crippen molar-refractivity contribution < 1.29 is 13.9 Å². The highest BCUT2D eigenvalue weighted by atomic mass is 35.5. The number of aromatic amines is 1. The lowest BCUT2D eigenvalue weighted by Crippen LogP contribution is -2.37. The van der Waals surface area contributed by atoms with E-state index in [-0.39, 0.29) is 24.0 Å². The third kappa shape index (κ3) is 5.73. The standard InChI is InChI=1S/C26H26ClN5O4/c27-18-8-10-19(11-9-18)35-16-23-30-31-26(36-23)17-12-14-32(15-13-17)24(33)7-3-6-22-28-21-5-2-1-4-20(21)25(34)29-22/h1-2,4-5,8-11,17H,3,6-7,12-16H2,(H,28,29,34). The van der Waals surface area contributed by atoms with E-state index in [2.05, 4.69) is 20.2 Å². The average Bonchev–Trinajstić information content (AvgIpc) is 3.38. The minimum absolute atomic E-state index is 0.110. The number of hydrogen-bond acceptors (Lipinski definition) is 7. The number of likely N-dealkylation sites (tertiary alicyclic amines) is 1. The third-order valence-corrected chi connectivity index (χ3v) is 6.57. The van der Waals surface area contributed by atoms with Crippen LogP contribution in [0.15, 0.2) is 57.7 Å². The van der Waals surface area contributed by atoms with Gasteiger partial charge in [0.1, 0.15) is 11.6 Å². The lowest BCUT2D eigenvalue weighted by atomic mass is 9.96. The molecule has 1 aliphatic rings. The van der Waals surface area contributed by atoms with E-state index in [1.807, 2.05) is 23.1 Å². The third-order valence-electron chi connectivity index (χ3n) is 6.32. The van der Waals surface area contributed by atoms with Gasteiger partial charge in [-0.2, -0.15) is 0 Å². The zero-order chi connectivity index (χ0) is 24.9. The van der Waals surface area contributed by atoms with Gasteiger partial charge in [0, 0.05) is 36.9 Å². The number of hydrogen-bond donors (Lipinski definition) is 1. The van der Waals surface area contributed by atoms with E-state index in [1.165, 1.54) is 0 Å². The van der Waals surface area contributed by atoms with E-state index >= 15 is 0 Å². The van der Waals surface area contributed by atoms with E-state index < -0.39 is 0 Å². The Balaban J connectivity index is 1.07. The second-order valence-electron chi connectivity index (χ2n) is 8.82. The summed E-state index contributed by atoms with van der Waals surface area (Å²) in [5.74, 6) is 2.52. The fraction of sp³-hybridized carbons (Fsp3) is 0.346. The normalized spacial score (nSPS) is 14.3. The first kappa shape index (κ1) is 24.0. The molecule has 0 unspecified atom stereocenters. The van der Waals surface area contributed by atoms with Crippen molar-refractivity contribution in [1.29, 1.82) is 0 Å². The van der Waals surface area contributed by atoms with Crippen molar-refractivity contribution in [2.24, 2.45) is 0 Å². The van der Waals surface area contributed by atoms with Crippen LogP contribution < -0.4 is 10.3 Å². The molecule has 0 radical (unpaired) electrons. The molecule has 2 aromatic heterocycles. The summed E-state index contributed by atoms with van der Waals surface area (Å²) >= 11 is 5.89. The topological polar surface area (TPSA) is 114 Å². The summed E-state index contributed by atoms with van der Waals surface area (Å²) in [6.07, 6.45) is 3.12. The highest BCUT2D eigenvalue weighted by Crippen LogP contribution is 2.28. The predicted molar refractivity (Wildman–Crippen MR) is 134 cm³/mol. The largest absolute Gasteiger partial charge is 0.484 e. The number of rotatable bonds is 8. The Labute approximate surface area is 212 Å². The minimum atomic E-state index is -0.148. The Morgan fingerprint density at radius 2 is 1.89 bits per heavy atom. The van der Waals surface area contributed by atoms with Gasteiger partial charge >= 0.3 is 0 Å².